The minimum absolute atomic E-state index is 0. The lowest BCUT2D eigenvalue weighted by Gasteiger charge is -2.32. The van der Waals surface area contributed by atoms with E-state index >= 15 is 0 Å². The van der Waals surface area contributed by atoms with Crippen molar-refractivity contribution in [2.24, 2.45) is 4.99 Å². The van der Waals surface area contributed by atoms with E-state index in [9.17, 15) is 4.79 Å². The van der Waals surface area contributed by atoms with Gasteiger partial charge >= 0.3 is 0 Å². The van der Waals surface area contributed by atoms with Crippen LogP contribution in [0.2, 0.25) is 0 Å². The Balaban J connectivity index is 0.00000324. The van der Waals surface area contributed by atoms with Crippen molar-refractivity contribution in [3.63, 3.8) is 0 Å². The largest absolute Gasteiger partial charge is 0.357 e. The van der Waals surface area contributed by atoms with E-state index in [0.29, 0.717) is 19.0 Å². The maximum atomic E-state index is 12.6. The first-order valence-electron chi connectivity index (χ1n) is 12.2. The van der Waals surface area contributed by atoms with Crippen LogP contribution in [0, 0.1) is 0 Å². The summed E-state index contributed by atoms with van der Waals surface area (Å²) in [6.07, 6.45) is 5.35. The highest BCUT2D eigenvalue weighted by Crippen LogP contribution is 2.23. The molecule has 4 rings (SSSR count). The molecular formula is C26H37IN6O. The zero-order valence-corrected chi connectivity index (χ0v) is 22.4. The van der Waals surface area contributed by atoms with Crippen molar-refractivity contribution < 1.29 is 4.79 Å². The minimum atomic E-state index is 0. The lowest BCUT2D eigenvalue weighted by molar-refractivity contribution is -0.131. The molecule has 1 aromatic heterocycles. The number of aliphatic imine (C=N–C) groups is 1. The molecule has 2 aliphatic heterocycles. The number of halogens is 1. The molecule has 1 amide bonds. The minimum Gasteiger partial charge on any atom is -0.357 e. The molecular weight excluding hydrogens is 539 g/mol. The van der Waals surface area contributed by atoms with E-state index in [2.05, 4.69) is 45.6 Å². The van der Waals surface area contributed by atoms with Gasteiger partial charge in [0.15, 0.2) is 5.96 Å². The number of hydrogen-bond acceptors (Lipinski definition) is 4. The molecule has 2 N–H and O–H groups in total. The SMILES string of the molecule is CCNC(=NCCCC(=O)N1Cc2ccccc2C1)NC1CCN(Cc2ccccn2)CC1.I. The molecule has 8 heteroatoms. The van der Waals surface area contributed by atoms with Crippen LogP contribution in [0.3, 0.4) is 0 Å². The standard InChI is InChI=1S/C26H36N6O.HI/c1-2-27-26(30-23-12-16-31(17-13-23)20-24-10-5-6-14-28-24)29-15-7-11-25(33)32-18-21-8-3-4-9-22(21)19-32;/h3-6,8-10,14,23H,2,7,11-13,15-20H2,1H3,(H2,27,29,30);1H. The van der Waals surface area contributed by atoms with Gasteiger partial charge in [-0.05, 0) is 49.4 Å². The van der Waals surface area contributed by atoms with Crippen molar-refractivity contribution in [1.82, 2.24) is 25.4 Å². The molecule has 1 saturated heterocycles. The molecule has 0 aliphatic carbocycles. The van der Waals surface area contributed by atoms with E-state index in [-0.39, 0.29) is 29.9 Å². The third-order valence-electron chi connectivity index (χ3n) is 6.40. The maximum Gasteiger partial charge on any atom is 0.223 e. The number of fused-ring (bicyclic) bond motifs is 1. The van der Waals surface area contributed by atoms with Gasteiger partial charge in [0, 0.05) is 64.5 Å². The Hall–Kier alpha value is -2.20. The first-order chi connectivity index (χ1) is 16.2. The number of benzene rings is 1. The molecule has 184 valence electrons. The van der Waals surface area contributed by atoms with Crippen LogP contribution in [-0.2, 0) is 24.4 Å². The van der Waals surface area contributed by atoms with Gasteiger partial charge in [0.05, 0.1) is 5.69 Å². The Bertz CT molecular complexity index is 905. The van der Waals surface area contributed by atoms with E-state index in [4.69, 9.17) is 4.99 Å². The van der Waals surface area contributed by atoms with Crippen LogP contribution >= 0.6 is 24.0 Å². The summed E-state index contributed by atoms with van der Waals surface area (Å²) in [5, 5.41) is 6.95. The van der Waals surface area contributed by atoms with Crippen LogP contribution in [-0.4, -0.2) is 58.9 Å². The van der Waals surface area contributed by atoms with Crippen LogP contribution in [0.25, 0.3) is 0 Å². The van der Waals surface area contributed by atoms with Gasteiger partial charge in [-0.15, -0.1) is 24.0 Å². The normalized spacial score (nSPS) is 16.6. The molecule has 34 heavy (non-hydrogen) atoms. The number of rotatable bonds is 8. The Kier molecular flexibility index (Phi) is 10.6. The number of aromatic nitrogens is 1. The van der Waals surface area contributed by atoms with Crippen molar-refractivity contribution in [1.29, 1.82) is 0 Å². The maximum absolute atomic E-state index is 12.6. The molecule has 0 bridgehead atoms. The van der Waals surface area contributed by atoms with Crippen molar-refractivity contribution in [3.05, 3.63) is 65.5 Å². The number of piperidine rings is 1. The van der Waals surface area contributed by atoms with Crippen LogP contribution in [0.4, 0.5) is 0 Å². The van der Waals surface area contributed by atoms with E-state index in [1.54, 1.807) is 0 Å². The van der Waals surface area contributed by atoms with Gasteiger partial charge in [-0.1, -0.05) is 30.3 Å². The summed E-state index contributed by atoms with van der Waals surface area (Å²) in [7, 11) is 0. The summed E-state index contributed by atoms with van der Waals surface area (Å²) in [5.74, 6) is 1.08. The molecule has 0 radical (unpaired) electrons. The first-order valence-corrected chi connectivity index (χ1v) is 12.2. The average molecular weight is 577 g/mol. The molecule has 2 aromatic rings. The molecule has 0 spiro atoms. The van der Waals surface area contributed by atoms with Gasteiger partial charge in [0.25, 0.3) is 0 Å². The van der Waals surface area contributed by atoms with Gasteiger partial charge in [-0.25, -0.2) is 0 Å². The highest BCUT2D eigenvalue weighted by Gasteiger charge is 2.22. The van der Waals surface area contributed by atoms with Crippen molar-refractivity contribution >= 4 is 35.8 Å². The second kappa shape index (κ2) is 13.6. The second-order valence-electron chi connectivity index (χ2n) is 8.90. The van der Waals surface area contributed by atoms with Gasteiger partial charge < -0.3 is 15.5 Å². The van der Waals surface area contributed by atoms with Crippen LogP contribution in [0.15, 0.2) is 53.7 Å². The summed E-state index contributed by atoms with van der Waals surface area (Å²) < 4.78 is 0. The van der Waals surface area contributed by atoms with Crippen LogP contribution < -0.4 is 10.6 Å². The summed E-state index contributed by atoms with van der Waals surface area (Å²) >= 11 is 0. The van der Waals surface area contributed by atoms with E-state index in [0.717, 1.165) is 70.2 Å². The molecule has 1 aromatic carbocycles. The zero-order valence-electron chi connectivity index (χ0n) is 20.1. The monoisotopic (exact) mass is 576 g/mol. The molecule has 7 nitrogen and oxygen atoms in total. The van der Waals surface area contributed by atoms with Gasteiger partial charge in [0.2, 0.25) is 5.91 Å². The van der Waals surface area contributed by atoms with Crippen molar-refractivity contribution in [2.75, 3.05) is 26.2 Å². The predicted molar refractivity (Wildman–Crippen MR) is 147 cm³/mol. The predicted octanol–water partition coefficient (Wildman–Crippen LogP) is 3.54. The molecule has 0 unspecified atom stereocenters. The van der Waals surface area contributed by atoms with E-state index in [1.807, 2.05) is 35.4 Å². The average Bonchev–Trinajstić information content (AvgIpc) is 3.28. The Morgan fingerprint density at radius 2 is 1.79 bits per heavy atom. The second-order valence-corrected chi connectivity index (χ2v) is 8.90. The zero-order chi connectivity index (χ0) is 22.9. The summed E-state index contributed by atoms with van der Waals surface area (Å²) in [6.45, 7) is 8.07. The van der Waals surface area contributed by atoms with Crippen molar-refractivity contribution in [2.45, 2.75) is 58.3 Å². The van der Waals surface area contributed by atoms with Gasteiger partial charge in [0.1, 0.15) is 0 Å². The highest BCUT2D eigenvalue weighted by molar-refractivity contribution is 14.0. The van der Waals surface area contributed by atoms with E-state index in [1.165, 1.54) is 11.1 Å². The fraction of sp³-hybridized carbons (Fsp3) is 0.500. The Morgan fingerprint density at radius 3 is 2.44 bits per heavy atom. The number of carbonyl (C=O) groups is 1. The van der Waals surface area contributed by atoms with Crippen LogP contribution in [0.5, 0.6) is 0 Å². The number of nitrogens with one attached hydrogen (secondary N) is 2. The molecule has 3 heterocycles. The number of carbonyl (C=O) groups excluding carboxylic acids is 1. The van der Waals surface area contributed by atoms with Crippen LogP contribution in [0.1, 0.15) is 49.4 Å². The highest BCUT2D eigenvalue weighted by atomic mass is 127. The topological polar surface area (TPSA) is 72.9 Å². The lowest BCUT2D eigenvalue weighted by atomic mass is 10.0. The molecule has 1 fully saturated rings. The van der Waals surface area contributed by atoms with E-state index < -0.39 is 0 Å². The quantitative estimate of drug-likeness (QED) is 0.218. The third kappa shape index (κ3) is 7.66. The molecule has 0 atom stereocenters. The first kappa shape index (κ1) is 26.4. The summed E-state index contributed by atoms with van der Waals surface area (Å²) in [5.41, 5.74) is 3.67. The lowest BCUT2D eigenvalue weighted by Crippen LogP contribution is -2.48. The number of pyridine rings is 1. The Morgan fingerprint density at radius 1 is 1.09 bits per heavy atom. The number of nitrogens with zero attached hydrogens (tertiary/aromatic N) is 4. The number of guanidine groups is 1. The van der Waals surface area contributed by atoms with Crippen molar-refractivity contribution in [3.8, 4) is 0 Å². The number of amides is 1. The van der Waals surface area contributed by atoms with Gasteiger partial charge in [-0.3, -0.25) is 19.7 Å². The third-order valence-corrected chi connectivity index (χ3v) is 6.40. The summed E-state index contributed by atoms with van der Waals surface area (Å²) in [4.78, 5) is 26.2. The number of hydrogen-bond donors (Lipinski definition) is 2. The molecule has 2 aliphatic rings. The fourth-order valence-electron chi connectivity index (χ4n) is 4.56. The Labute approximate surface area is 220 Å². The smallest absolute Gasteiger partial charge is 0.223 e. The summed E-state index contributed by atoms with van der Waals surface area (Å²) in [6, 6.07) is 14.8. The fourth-order valence-corrected chi connectivity index (χ4v) is 4.56. The molecule has 0 saturated carbocycles. The number of likely N-dealkylation sites (tertiary alicyclic amines) is 1. The van der Waals surface area contributed by atoms with Gasteiger partial charge in [-0.2, -0.15) is 0 Å².